The lowest BCUT2D eigenvalue weighted by atomic mass is 10.3. The van der Waals surface area contributed by atoms with Crippen molar-refractivity contribution in [3.05, 3.63) is 24.3 Å². The Labute approximate surface area is 113 Å². The van der Waals surface area contributed by atoms with Crippen LogP contribution in [0.1, 0.15) is 13.3 Å². The molecule has 1 rings (SSSR count). The van der Waals surface area contributed by atoms with Gasteiger partial charge in [0.1, 0.15) is 0 Å². The number of carbonyl (C=O) groups excluding carboxylic acids is 1. The minimum Gasteiger partial charge on any atom is -0.330 e. The van der Waals surface area contributed by atoms with Gasteiger partial charge in [-0.3, -0.25) is 4.79 Å². The second-order valence-electron chi connectivity index (χ2n) is 4.17. The lowest BCUT2D eigenvalue weighted by Crippen LogP contribution is -2.29. The molecule has 0 heterocycles. The van der Waals surface area contributed by atoms with Crippen molar-refractivity contribution < 1.29 is 13.2 Å². The van der Waals surface area contributed by atoms with Gasteiger partial charge in [-0.1, -0.05) is 0 Å². The van der Waals surface area contributed by atoms with Crippen molar-refractivity contribution >= 4 is 21.6 Å². The zero-order valence-corrected chi connectivity index (χ0v) is 11.9. The van der Waals surface area contributed by atoms with E-state index in [9.17, 15) is 13.2 Å². The van der Waals surface area contributed by atoms with Crippen LogP contribution in [0, 0.1) is 0 Å². The van der Waals surface area contributed by atoms with E-state index in [1.807, 2.05) is 0 Å². The number of sulfonamides is 1. The van der Waals surface area contributed by atoms with E-state index < -0.39 is 10.0 Å². The fourth-order valence-corrected chi connectivity index (χ4v) is 2.74. The molecule has 0 atom stereocenters. The molecular weight excluding hydrogens is 266 g/mol. The molecule has 19 heavy (non-hydrogen) atoms. The van der Waals surface area contributed by atoms with Crippen molar-refractivity contribution in [2.75, 3.05) is 25.5 Å². The quantitative estimate of drug-likeness (QED) is 0.801. The number of anilines is 1. The molecule has 0 aliphatic rings. The molecule has 0 fully saturated rings. The van der Waals surface area contributed by atoms with Crippen LogP contribution in [-0.4, -0.2) is 38.8 Å². The lowest BCUT2D eigenvalue weighted by molar-refractivity contribution is -0.114. The van der Waals surface area contributed by atoms with Crippen molar-refractivity contribution in [3.63, 3.8) is 0 Å². The minimum absolute atomic E-state index is 0.195. The fraction of sp³-hybridized carbons (Fsp3) is 0.417. The highest BCUT2D eigenvalue weighted by Crippen LogP contribution is 2.17. The molecule has 7 heteroatoms. The summed E-state index contributed by atoms with van der Waals surface area (Å²) in [6, 6.07) is 6.06. The maximum Gasteiger partial charge on any atom is 0.242 e. The van der Waals surface area contributed by atoms with Crippen LogP contribution >= 0.6 is 0 Å². The van der Waals surface area contributed by atoms with Gasteiger partial charge >= 0.3 is 0 Å². The Morgan fingerprint density at radius 1 is 1.32 bits per heavy atom. The largest absolute Gasteiger partial charge is 0.330 e. The second-order valence-corrected chi connectivity index (χ2v) is 6.22. The first-order valence-electron chi connectivity index (χ1n) is 5.92. The SMILES string of the molecule is CC(=O)Nc1ccc(S(=O)(=O)N(C)CCCN)cc1. The number of rotatable bonds is 6. The molecule has 0 spiro atoms. The monoisotopic (exact) mass is 285 g/mol. The number of benzene rings is 1. The first-order valence-corrected chi connectivity index (χ1v) is 7.36. The Morgan fingerprint density at radius 2 is 1.89 bits per heavy atom. The van der Waals surface area contributed by atoms with Gasteiger partial charge < -0.3 is 11.1 Å². The van der Waals surface area contributed by atoms with E-state index in [0.717, 1.165) is 0 Å². The summed E-state index contributed by atoms with van der Waals surface area (Å²) in [6.45, 7) is 2.22. The van der Waals surface area contributed by atoms with E-state index in [2.05, 4.69) is 5.32 Å². The summed E-state index contributed by atoms with van der Waals surface area (Å²) >= 11 is 0. The Kier molecular flexibility index (Phi) is 5.46. The van der Waals surface area contributed by atoms with Crippen molar-refractivity contribution in [2.45, 2.75) is 18.2 Å². The Morgan fingerprint density at radius 3 is 2.37 bits per heavy atom. The van der Waals surface area contributed by atoms with E-state index >= 15 is 0 Å². The summed E-state index contributed by atoms with van der Waals surface area (Å²) in [5, 5.41) is 2.58. The summed E-state index contributed by atoms with van der Waals surface area (Å²) in [4.78, 5) is 11.1. The predicted octanol–water partition coefficient (Wildman–Crippen LogP) is 0.614. The van der Waals surface area contributed by atoms with Crippen LogP contribution in [0.5, 0.6) is 0 Å². The maximum atomic E-state index is 12.2. The summed E-state index contributed by atoms with van der Waals surface area (Å²) in [7, 11) is -1.97. The molecule has 6 nitrogen and oxygen atoms in total. The van der Waals surface area contributed by atoms with Crippen LogP contribution in [0.2, 0.25) is 0 Å². The Hall–Kier alpha value is -1.44. The number of hydrogen-bond acceptors (Lipinski definition) is 4. The average molecular weight is 285 g/mol. The first kappa shape index (κ1) is 15.6. The smallest absolute Gasteiger partial charge is 0.242 e. The number of nitrogens with two attached hydrogens (primary N) is 1. The van der Waals surface area contributed by atoms with E-state index in [1.54, 1.807) is 12.1 Å². The van der Waals surface area contributed by atoms with Gasteiger partial charge in [-0.15, -0.1) is 0 Å². The molecule has 106 valence electrons. The number of amides is 1. The highest BCUT2D eigenvalue weighted by molar-refractivity contribution is 7.89. The molecular formula is C12H19N3O3S. The molecule has 3 N–H and O–H groups in total. The van der Waals surface area contributed by atoms with Crippen LogP contribution in [0.25, 0.3) is 0 Å². The molecule has 0 aliphatic heterocycles. The fourth-order valence-electron chi connectivity index (χ4n) is 1.53. The number of carbonyl (C=O) groups is 1. The summed E-state index contributed by atoms with van der Waals surface area (Å²) in [5.41, 5.74) is 5.93. The van der Waals surface area contributed by atoms with E-state index in [1.165, 1.54) is 30.4 Å². The van der Waals surface area contributed by atoms with E-state index in [4.69, 9.17) is 5.73 Å². The lowest BCUT2D eigenvalue weighted by Gasteiger charge is -2.16. The molecule has 1 aromatic carbocycles. The third kappa shape index (κ3) is 4.30. The minimum atomic E-state index is -3.49. The van der Waals surface area contributed by atoms with Gasteiger partial charge in [0.15, 0.2) is 0 Å². The van der Waals surface area contributed by atoms with Crippen LogP contribution < -0.4 is 11.1 Å². The zero-order valence-electron chi connectivity index (χ0n) is 11.1. The zero-order chi connectivity index (χ0) is 14.5. The van der Waals surface area contributed by atoms with Gasteiger partial charge in [0.05, 0.1) is 4.90 Å². The number of nitrogens with zero attached hydrogens (tertiary/aromatic N) is 1. The van der Waals surface area contributed by atoms with Crippen LogP contribution in [-0.2, 0) is 14.8 Å². The van der Waals surface area contributed by atoms with Crippen molar-refractivity contribution in [2.24, 2.45) is 5.73 Å². The van der Waals surface area contributed by atoms with Crippen LogP contribution in [0.15, 0.2) is 29.2 Å². The Balaban J connectivity index is 2.87. The van der Waals surface area contributed by atoms with Gasteiger partial charge in [0.25, 0.3) is 0 Å². The molecule has 0 unspecified atom stereocenters. The van der Waals surface area contributed by atoms with Gasteiger partial charge in [0.2, 0.25) is 15.9 Å². The maximum absolute atomic E-state index is 12.2. The highest BCUT2D eigenvalue weighted by atomic mass is 32.2. The highest BCUT2D eigenvalue weighted by Gasteiger charge is 2.19. The molecule has 1 aromatic rings. The predicted molar refractivity (Wildman–Crippen MR) is 74.2 cm³/mol. The van der Waals surface area contributed by atoms with Crippen molar-refractivity contribution in [1.82, 2.24) is 4.31 Å². The van der Waals surface area contributed by atoms with Crippen LogP contribution in [0.3, 0.4) is 0 Å². The van der Waals surface area contributed by atoms with Gasteiger partial charge in [-0.25, -0.2) is 12.7 Å². The van der Waals surface area contributed by atoms with Crippen molar-refractivity contribution in [1.29, 1.82) is 0 Å². The molecule has 0 saturated carbocycles. The van der Waals surface area contributed by atoms with Crippen LogP contribution in [0.4, 0.5) is 5.69 Å². The molecule has 1 amide bonds. The summed E-state index contributed by atoms with van der Waals surface area (Å²) < 4.78 is 25.6. The summed E-state index contributed by atoms with van der Waals surface area (Å²) in [5.74, 6) is -0.198. The molecule has 0 aliphatic carbocycles. The molecule has 0 aromatic heterocycles. The Bertz CT molecular complexity index is 526. The second kappa shape index (κ2) is 6.65. The van der Waals surface area contributed by atoms with E-state index in [0.29, 0.717) is 25.2 Å². The van der Waals surface area contributed by atoms with Crippen molar-refractivity contribution in [3.8, 4) is 0 Å². The number of hydrogen-bond donors (Lipinski definition) is 2. The molecule has 0 bridgehead atoms. The molecule has 0 saturated heterocycles. The number of nitrogens with one attached hydrogen (secondary N) is 1. The topological polar surface area (TPSA) is 92.5 Å². The standard InChI is InChI=1S/C12H19N3O3S/c1-10(16)14-11-4-6-12(7-5-11)19(17,18)15(2)9-3-8-13/h4-7H,3,8-9,13H2,1-2H3,(H,14,16). The first-order chi connectivity index (χ1) is 8.87. The van der Waals surface area contributed by atoms with Gasteiger partial charge in [0, 0.05) is 26.2 Å². The van der Waals surface area contributed by atoms with Gasteiger partial charge in [-0.2, -0.15) is 0 Å². The molecule has 0 radical (unpaired) electrons. The summed E-state index contributed by atoms with van der Waals surface area (Å²) in [6.07, 6.45) is 0.611. The van der Waals surface area contributed by atoms with Gasteiger partial charge in [-0.05, 0) is 37.2 Å². The third-order valence-corrected chi connectivity index (χ3v) is 4.43. The van der Waals surface area contributed by atoms with E-state index in [-0.39, 0.29) is 10.8 Å². The normalized spacial score (nSPS) is 11.6. The average Bonchev–Trinajstić information content (AvgIpc) is 2.35. The third-order valence-electron chi connectivity index (χ3n) is 2.56.